The number of nitriles is 1. The molecule has 1 heterocycles. The van der Waals surface area contributed by atoms with Crippen molar-refractivity contribution in [2.75, 3.05) is 5.32 Å². The third kappa shape index (κ3) is 3.70. The predicted octanol–water partition coefficient (Wildman–Crippen LogP) is 2.85. The van der Waals surface area contributed by atoms with Crippen LogP contribution < -0.4 is 5.32 Å². The average molecular weight is 315 g/mol. The first-order chi connectivity index (χ1) is 9.90. The number of nitrogens with one attached hydrogen (secondary N) is 2. The number of halogens is 4. The third-order valence-corrected chi connectivity index (χ3v) is 2.53. The highest BCUT2D eigenvalue weighted by atomic mass is 35.5. The predicted molar refractivity (Wildman–Crippen MR) is 67.8 cm³/mol. The van der Waals surface area contributed by atoms with Crippen molar-refractivity contribution in [2.24, 2.45) is 0 Å². The van der Waals surface area contributed by atoms with E-state index in [4.69, 9.17) is 16.9 Å². The molecule has 0 fully saturated rings. The molecule has 2 rings (SSSR count). The Kier molecular flexibility index (Phi) is 4.09. The number of hydrogen-bond acceptors (Lipinski definition) is 5. The molecule has 0 atom stereocenters. The zero-order valence-corrected chi connectivity index (χ0v) is 10.9. The van der Waals surface area contributed by atoms with E-state index in [-0.39, 0.29) is 22.1 Å². The molecule has 21 heavy (non-hydrogen) atoms. The van der Waals surface area contributed by atoms with Crippen molar-refractivity contribution in [3.05, 3.63) is 40.8 Å². The van der Waals surface area contributed by atoms with Crippen LogP contribution in [0.3, 0.4) is 0 Å². The molecule has 0 radical (unpaired) electrons. The van der Waals surface area contributed by atoms with E-state index in [1.54, 1.807) is 6.07 Å². The van der Waals surface area contributed by atoms with Gasteiger partial charge < -0.3 is 5.32 Å². The third-order valence-electron chi connectivity index (χ3n) is 2.31. The number of alkyl halides is 3. The van der Waals surface area contributed by atoms with Gasteiger partial charge in [-0.25, -0.2) is 0 Å². The minimum atomic E-state index is -4.52. The molecule has 6 nitrogen and oxygen atoms in total. The smallest absolute Gasteiger partial charge is 0.360 e. The molecule has 2 N–H and O–H groups in total. The molecular formula is C11H6ClF3N6. The van der Waals surface area contributed by atoms with E-state index in [0.717, 1.165) is 18.3 Å². The Morgan fingerprint density at radius 1 is 1.38 bits per heavy atom. The van der Waals surface area contributed by atoms with E-state index in [9.17, 15) is 13.2 Å². The van der Waals surface area contributed by atoms with Crippen LogP contribution in [0.25, 0.3) is 5.57 Å². The van der Waals surface area contributed by atoms with E-state index in [1.807, 2.05) is 0 Å². The lowest BCUT2D eigenvalue weighted by atomic mass is 10.2. The Morgan fingerprint density at radius 2 is 2.14 bits per heavy atom. The second-order valence-corrected chi connectivity index (χ2v) is 4.21. The van der Waals surface area contributed by atoms with E-state index in [1.165, 1.54) is 6.07 Å². The van der Waals surface area contributed by atoms with Gasteiger partial charge in [-0.1, -0.05) is 11.6 Å². The van der Waals surface area contributed by atoms with Gasteiger partial charge in [-0.3, -0.25) is 0 Å². The molecule has 0 saturated heterocycles. The Bertz CT molecular complexity index is 702. The first kappa shape index (κ1) is 14.8. The zero-order valence-electron chi connectivity index (χ0n) is 10.1. The summed E-state index contributed by atoms with van der Waals surface area (Å²) in [4.78, 5) is 0. The molecule has 0 aliphatic carbocycles. The van der Waals surface area contributed by atoms with Crippen molar-refractivity contribution in [3.63, 3.8) is 0 Å². The van der Waals surface area contributed by atoms with Crippen molar-refractivity contribution in [3.8, 4) is 6.07 Å². The van der Waals surface area contributed by atoms with Gasteiger partial charge in [0, 0.05) is 16.9 Å². The normalized spacial score (nSPS) is 12.0. The molecule has 2 aromatic rings. The fourth-order valence-electron chi connectivity index (χ4n) is 1.41. The van der Waals surface area contributed by atoms with Crippen molar-refractivity contribution in [2.45, 2.75) is 6.18 Å². The molecule has 1 aromatic carbocycles. The number of anilines is 1. The number of tetrazole rings is 1. The van der Waals surface area contributed by atoms with E-state index in [2.05, 4.69) is 25.9 Å². The van der Waals surface area contributed by atoms with Crippen LogP contribution in [0.5, 0.6) is 0 Å². The summed E-state index contributed by atoms with van der Waals surface area (Å²) in [5.74, 6) is 0.0167. The minimum absolute atomic E-state index is 0.00251. The maximum absolute atomic E-state index is 12.6. The largest absolute Gasteiger partial charge is 0.416 e. The van der Waals surface area contributed by atoms with Crippen LogP contribution in [0.2, 0.25) is 5.02 Å². The summed E-state index contributed by atoms with van der Waals surface area (Å²) < 4.78 is 37.9. The molecule has 10 heteroatoms. The molecule has 0 aliphatic heterocycles. The Labute approximate surface area is 121 Å². The molecule has 0 bridgehead atoms. The van der Waals surface area contributed by atoms with Gasteiger partial charge in [-0.2, -0.15) is 23.6 Å². The Morgan fingerprint density at radius 3 is 2.71 bits per heavy atom. The number of H-pyrrole nitrogens is 1. The highest BCUT2D eigenvalue weighted by molar-refractivity contribution is 6.30. The van der Waals surface area contributed by atoms with Gasteiger partial charge >= 0.3 is 6.18 Å². The summed E-state index contributed by atoms with van der Waals surface area (Å²) >= 11 is 5.64. The zero-order chi connectivity index (χ0) is 15.5. The van der Waals surface area contributed by atoms with Crippen LogP contribution in [0.15, 0.2) is 24.4 Å². The number of rotatable bonds is 3. The highest BCUT2D eigenvalue weighted by Gasteiger charge is 2.31. The van der Waals surface area contributed by atoms with Crippen molar-refractivity contribution >= 4 is 22.9 Å². The van der Waals surface area contributed by atoms with Gasteiger partial charge in [0.2, 0.25) is 5.82 Å². The van der Waals surface area contributed by atoms with Crippen LogP contribution in [0.1, 0.15) is 11.4 Å². The molecule has 0 spiro atoms. The maximum Gasteiger partial charge on any atom is 0.416 e. The molecule has 0 saturated carbocycles. The maximum atomic E-state index is 12.6. The summed E-state index contributed by atoms with van der Waals surface area (Å²) in [6.45, 7) is 0. The first-order valence-corrected chi connectivity index (χ1v) is 5.76. The van der Waals surface area contributed by atoms with Crippen LogP contribution in [0, 0.1) is 11.3 Å². The highest BCUT2D eigenvalue weighted by Crippen LogP contribution is 2.33. The number of aromatic nitrogens is 4. The van der Waals surface area contributed by atoms with Gasteiger partial charge in [-0.05, 0) is 23.4 Å². The summed E-state index contributed by atoms with van der Waals surface area (Å²) in [6.07, 6.45) is -3.35. The SMILES string of the molecule is N#CC(=CNc1cc(Cl)cc(C(F)(F)F)c1)c1nn[nH]n1. The van der Waals surface area contributed by atoms with Crippen LogP contribution in [0.4, 0.5) is 18.9 Å². The molecule has 1 aromatic heterocycles. The van der Waals surface area contributed by atoms with Gasteiger partial charge in [0.25, 0.3) is 0 Å². The average Bonchev–Trinajstić information content (AvgIpc) is 2.92. The monoisotopic (exact) mass is 314 g/mol. The molecule has 0 amide bonds. The number of benzene rings is 1. The van der Waals surface area contributed by atoms with Crippen LogP contribution in [-0.2, 0) is 6.18 Å². The van der Waals surface area contributed by atoms with Crippen LogP contribution >= 0.6 is 11.6 Å². The number of nitrogens with zero attached hydrogens (tertiary/aromatic N) is 4. The number of hydrogen-bond donors (Lipinski definition) is 2. The molecular weight excluding hydrogens is 309 g/mol. The van der Waals surface area contributed by atoms with Crippen molar-refractivity contribution < 1.29 is 13.2 Å². The van der Waals surface area contributed by atoms with Crippen molar-refractivity contribution in [1.82, 2.24) is 20.6 Å². The summed E-state index contributed by atoms with van der Waals surface area (Å²) in [5, 5.41) is 24.0. The second-order valence-electron chi connectivity index (χ2n) is 3.78. The molecule has 0 unspecified atom stereocenters. The Hall–Kier alpha value is -2.60. The Balaban J connectivity index is 2.28. The number of aromatic amines is 1. The van der Waals surface area contributed by atoms with Gasteiger partial charge in [-0.15, -0.1) is 10.2 Å². The second kappa shape index (κ2) is 5.80. The number of allylic oxidation sites excluding steroid dienone is 1. The standard InChI is InChI=1S/C11H6ClF3N6/c12-8-1-7(11(13,14)15)2-9(3-8)17-5-6(4-16)10-18-20-21-19-10/h1-3,5,17H,(H,18,19,20,21). The lowest BCUT2D eigenvalue weighted by Gasteiger charge is -2.09. The lowest BCUT2D eigenvalue weighted by molar-refractivity contribution is -0.137. The molecule has 0 aliphatic rings. The fourth-order valence-corrected chi connectivity index (χ4v) is 1.65. The summed E-state index contributed by atoms with van der Waals surface area (Å²) in [5.41, 5.74) is -0.827. The first-order valence-electron chi connectivity index (χ1n) is 5.38. The van der Waals surface area contributed by atoms with Gasteiger partial charge in [0.15, 0.2) is 0 Å². The van der Waals surface area contributed by atoms with E-state index in [0.29, 0.717) is 0 Å². The molecule has 108 valence electrons. The minimum Gasteiger partial charge on any atom is -0.360 e. The van der Waals surface area contributed by atoms with Gasteiger partial charge in [0.1, 0.15) is 11.6 Å². The fraction of sp³-hybridized carbons (Fsp3) is 0.0909. The van der Waals surface area contributed by atoms with E-state index < -0.39 is 11.7 Å². The van der Waals surface area contributed by atoms with Crippen molar-refractivity contribution in [1.29, 1.82) is 5.26 Å². The summed E-state index contributed by atoms with van der Waals surface area (Å²) in [7, 11) is 0. The van der Waals surface area contributed by atoms with Crippen LogP contribution in [-0.4, -0.2) is 20.6 Å². The topological polar surface area (TPSA) is 90.3 Å². The summed E-state index contributed by atoms with van der Waals surface area (Å²) in [6, 6.07) is 4.76. The lowest BCUT2D eigenvalue weighted by Crippen LogP contribution is -2.05. The quantitative estimate of drug-likeness (QED) is 0.850. The van der Waals surface area contributed by atoms with Gasteiger partial charge in [0.05, 0.1) is 5.56 Å². The van der Waals surface area contributed by atoms with E-state index >= 15 is 0 Å².